The number of pyridine rings is 1. The number of amides is 2. The topological polar surface area (TPSA) is 91.3 Å². The summed E-state index contributed by atoms with van der Waals surface area (Å²) in [5, 5.41) is 15.2. The van der Waals surface area contributed by atoms with E-state index in [0.717, 1.165) is 17.5 Å². The SMILES string of the molecule is O=C(N[C@@H](CO)C(=O)NCc1ccc(C(F)(F)F)cc1)c1ccc2ccccc2n1. The molecule has 2 amide bonds. The van der Waals surface area contributed by atoms with Gasteiger partial charge in [0.1, 0.15) is 11.7 Å². The summed E-state index contributed by atoms with van der Waals surface area (Å²) in [6.07, 6.45) is -4.44. The van der Waals surface area contributed by atoms with Crippen LogP contribution in [0.25, 0.3) is 10.9 Å². The second-order valence-corrected chi connectivity index (χ2v) is 6.51. The Balaban J connectivity index is 1.60. The third kappa shape index (κ3) is 5.12. The first kappa shape index (κ1) is 21.3. The fourth-order valence-corrected chi connectivity index (χ4v) is 2.74. The van der Waals surface area contributed by atoms with E-state index in [0.29, 0.717) is 11.1 Å². The lowest BCUT2D eigenvalue weighted by molar-refractivity contribution is -0.137. The second kappa shape index (κ2) is 8.91. The number of nitrogens with zero attached hydrogens (tertiary/aromatic N) is 1. The first-order valence-electron chi connectivity index (χ1n) is 8.99. The summed E-state index contributed by atoms with van der Waals surface area (Å²) in [4.78, 5) is 28.9. The van der Waals surface area contributed by atoms with Gasteiger partial charge in [0, 0.05) is 11.9 Å². The third-order valence-corrected chi connectivity index (χ3v) is 4.38. The highest BCUT2D eigenvalue weighted by Gasteiger charge is 2.30. The van der Waals surface area contributed by atoms with Gasteiger partial charge in [0.25, 0.3) is 5.91 Å². The van der Waals surface area contributed by atoms with Crippen molar-refractivity contribution in [3.8, 4) is 0 Å². The van der Waals surface area contributed by atoms with Crippen molar-refractivity contribution in [2.75, 3.05) is 6.61 Å². The van der Waals surface area contributed by atoms with Crippen molar-refractivity contribution in [3.05, 3.63) is 77.5 Å². The van der Waals surface area contributed by atoms with E-state index in [2.05, 4.69) is 15.6 Å². The van der Waals surface area contributed by atoms with Crippen LogP contribution in [0.2, 0.25) is 0 Å². The summed E-state index contributed by atoms with van der Waals surface area (Å²) in [7, 11) is 0. The van der Waals surface area contributed by atoms with E-state index < -0.39 is 36.2 Å². The summed E-state index contributed by atoms with van der Waals surface area (Å²) in [6.45, 7) is -0.713. The van der Waals surface area contributed by atoms with E-state index in [1.807, 2.05) is 12.1 Å². The number of benzene rings is 2. The van der Waals surface area contributed by atoms with Gasteiger partial charge in [0.05, 0.1) is 17.7 Å². The van der Waals surface area contributed by atoms with Gasteiger partial charge in [-0.05, 0) is 29.8 Å². The lowest BCUT2D eigenvalue weighted by atomic mass is 10.1. The summed E-state index contributed by atoms with van der Waals surface area (Å²) < 4.78 is 37.8. The number of aliphatic hydroxyl groups is 1. The Kier molecular flexibility index (Phi) is 6.31. The summed E-state index contributed by atoms with van der Waals surface area (Å²) in [5.41, 5.74) is 0.344. The number of para-hydroxylation sites is 1. The molecule has 0 aliphatic heterocycles. The zero-order valence-electron chi connectivity index (χ0n) is 15.6. The van der Waals surface area contributed by atoms with Gasteiger partial charge in [-0.1, -0.05) is 36.4 Å². The summed E-state index contributed by atoms with van der Waals surface area (Å²) in [5.74, 6) is -1.31. The molecule has 2 aromatic carbocycles. The Hall–Kier alpha value is -3.46. The Morgan fingerprint density at radius 2 is 1.70 bits per heavy atom. The minimum atomic E-state index is -4.44. The van der Waals surface area contributed by atoms with Crippen LogP contribution in [0.15, 0.2) is 60.7 Å². The molecule has 30 heavy (non-hydrogen) atoms. The standard InChI is InChI=1S/C21H18F3N3O3/c22-21(23,24)15-8-5-13(6-9-15)11-25-19(29)18(12-28)27-20(30)17-10-7-14-3-1-2-4-16(14)26-17/h1-10,18,28H,11-12H2,(H,25,29)(H,27,30)/t18-/m0/s1. The third-order valence-electron chi connectivity index (χ3n) is 4.38. The highest BCUT2D eigenvalue weighted by atomic mass is 19.4. The van der Waals surface area contributed by atoms with Crippen LogP contribution in [0.4, 0.5) is 13.2 Å². The fourth-order valence-electron chi connectivity index (χ4n) is 2.74. The lowest BCUT2D eigenvalue weighted by Crippen LogP contribution is -2.48. The van der Waals surface area contributed by atoms with Gasteiger partial charge in [-0.25, -0.2) is 4.98 Å². The van der Waals surface area contributed by atoms with Gasteiger partial charge < -0.3 is 15.7 Å². The first-order valence-corrected chi connectivity index (χ1v) is 8.99. The number of carbonyl (C=O) groups is 2. The normalized spacial score (nSPS) is 12.4. The molecule has 0 spiro atoms. The van der Waals surface area contributed by atoms with E-state index in [1.165, 1.54) is 18.2 Å². The molecule has 0 aliphatic carbocycles. The molecule has 156 valence electrons. The van der Waals surface area contributed by atoms with E-state index in [9.17, 15) is 27.9 Å². The van der Waals surface area contributed by atoms with Crippen LogP contribution in [0.5, 0.6) is 0 Å². The van der Waals surface area contributed by atoms with Gasteiger partial charge in [-0.3, -0.25) is 9.59 Å². The zero-order chi connectivity index (χ0) is 21.7. The van der Waals surface area contributed by atoms with Crippen LogP contribution in [0, 0.1) is 0 Å². The number of halogens is 3. The molecule has 0 fully saturated rings. The predicted molar refractivity (Wildman–Crippen MR) is 103 cm³/mol. The molecule has 0 saturated heterocycles. The monoisotopic (exact) mass is 417 g/mol. The maximum Gasteiger partial charge on any atom is 0.416 e. The minimum absolute atomic E-state index is 0.0580. The van der Waals surface area contributed by atoms with E-state index >= 15 is 0 Å². The number of hydrogen-bond acceptors (Lipinski definition) is 4. The van der Waals surface area contributed by atoms with Gasteiger partial charge in [0.2, 0.25) is 5.91 Å². The predicted octanol–water partition coefficient (Wildman–Crippen LogP) is 2.66. The maximum absolute atomic E-state index is 12.6. The van der Waals surface area contributed by atoms with Crippen molar-refractivity contribution < 1.29 is 27.9 Å². The molecular formula is C21H18F3N3O3. The minimum Gasteiger partial charge on any atom is -0.394 e. The highest BCUT2D eigenvalue weighted by molar-refractivity contribution is 5.97. The number of hydrogen-bond donors (Lipinski definition) is 3. The molecule has 6 nitrogen and oxygen atoms in total. The van der Waals surface area contributed by atoms with Crippen LogP contribution < -0.4 is 10.6 Å². The number of rotatable bonds is 6. The van der Waals surface area contributed by atoms with Crippen molar-refractivity contribution in [1.29, 1.82) is 0 Å². The Labute approximate surface area is 169 Å². The number of carbonyl (C=O) groups excluding carboxylic acids is 2. The first-order chi connectivity index (χ1) is 14.3. The molecule has 0 unspecified atom stereocenters. The maximum atomic E-state index is 12.6. The molecule has 3 N–H and O–H groups in total. The molecule has 1 atom stereocenters. The van der Waals surface area contributed by atoms with Crippen molar-refractivity contribution >= 4 is 22.7 Å². The highest BCUT2D eigenvalue weighted by Crippen LogP contribution is 2.29. The quantitative estimate of drug-likeness (QED) is 0.575. The van der Waals surface area contributed by atoms with Gasteiger partial charge in [0.15, 0.2) is 0 Å². The Morgan fingerprint density at radius 3 is 2.37 bits per heavy atom. The Bertz CT molecular complexity index is 1050. The van der Waals surface area contributed by atoms with Crippen molar-refractivity contribution in [1.82, 2.24) is 15.6 Å². The number of aromatic nitrogens is 1. The van der Waals surface area contributed by atoms with E-state index in [4.69, 9.17) is 0 Å². The Morgan fingerprint density at radius 1 is 1.00 bits per heavy atom. The average Bonchev–Trinajstić information content (AvgIpc) is 2.75. The smallest absolute Gasteiger partial charge is 0.394 e. The van der Waals surface area contributed by atoms with E-state index in [-0.39, 0.29) is 12.2 Å². The second-order valence-electron chi connectivity index (χ2n) is 6.51. The van der Waals surface area contributed by atoms with Crippen LogP contribution in [0.3, 0.4) is 0 Å². The van der Waals surface area contributed by atoms with Crippen LogP contribution in [-0.4, -0.2) is 34.6 Å². The summed E-state index contributed by atoms with van der Waals surface area (Å²) >= 11 is 0. The molecule has 0 bridgehead atoms. The van der Waals surface area contributed by atoms with E-state index in [1.54, 1.807) is 18.2 Å². The lowest BCUT2D eigenvalue weighted by Gasteiger charge is -2.16. The molecule has 9 heteroatoms. The van der Waals surface area contributed by atoms with Crippen molar-refractivity contribution in [2.45, 2.75) is 18.8 Å². The summed E-state index contributed by atoms with van der Waals surface area (Å²) in [6, 6.07) is 13.5. The van der Waals surface area contributed by atoms with Crippen molar-refractivity contribution in [3.63, 3.8) is 0 Å². The molecule has 3 aromatic rings. The number of fused-ring (bicyclic) bond motifs is 1. The molecular weight excluding hydrogens is 399 g/mol. The van der Waals surface area contributed by atoms with Gasteiger partial charge >= 0.3 is 6.18 Å². The zero-order valence-corrected chi connectivity index (χ0v) is 15.6. The molecule has 1 heterocycles. The fraction of sp³-hybridized carbons (Fsp3) is 0.190. The average molecular weight is 417 g/mol. The number of nitrogens with one attached hydrogen (secondary N) is 2. The molecule has 1 aromatic heterocycles. The molecule has 0 radical (unpaired) electrons. The van der Waals surface area contributed by atoms with Crippen LogP contribution in [-0.2, 0) is 17.5 Å². The van der Waals surface area contributed by atoms with Crippen LogP contribution >= 0.6 is 0 Å². The number of alkyl halides is 3. The van der Waals surface area contributed by atoms with Crippen LogP contribution in [0.1, 0.15) is 21.6 Å². The van der Waals surface area contributed by atoms with Gasteiger partial charge in [-0.15, -0.1) is 0 Å². The molecule has 0 aliphatic rings. The molecule has 0 saturated carbocycles. The molecule has 3 rings (SSSR count). The van der Waals surface area contributed by atoms with Crippen molar-refractivity contribution in [2.24, 2.45) is 0 Å². The largest absolute Gasteiger partial charge is 0.416 e. The van der Waals surface area contributed by atoms with Gasteiger partial charge in [-0.2, -0.15) is 13.2 Å². The number of aliphatic hydroxyl groups excluding tert-OH is 1.